The molecule has 0 saturated carbocycles. The average molecular weight is 463 g/mol. The van der Waals surface area contributed by atoms with Crippen molar-refractivity contribution in [1.29, 1.82) is 0 Å². The van der Waals surface area contributed by atoms with E-state index in [2.05, 4.69) is 26.1 Å². The summed E-state index contributed by atoms with van der Waals surface area (Å²) >= 11 is 0. The lowest BCUT2D eigenvalue weighted by Crippen LogP contribution is -2.39. The van der Waals surface area contributed by atoms with Gasteiger partial charge in [-0.15, -0.1) is 0 Å². The number of hydrogen-bond donors (Lipinski definition) is 1. The Morgan fingerprint density at radius 2 is 1.88 bits per heavy atom. The van der Waals surface area contributed by atoms with Crippen molar-refractivity contribution in [2.45, 2.75) is 58.9 Å². The van der Waals surface area contributed by atoms with Crippen molar-refractivity contribution < 1.29 is 19.1 Å². The van der Waals surface area contributed by atoms with Crippen LogP contribution in [0, 0.1) is 5.41 Å². The predicted octanol–water partition coefficient (Wildman–Crippen LogP) is 6.04. The number of anilines is 2. The Morgan fingerprint density at radius 3 is 2.59 bits per heavy atom. The second-order valence-electron chi connectivity index (χ2n) is 9.85. The van der Waals surface area contributed by atoms with Gasteiger partial charge >= 0.3 is 0 Å². The second-order valence-corrected chi connectivity index (χ2v) is 9.85. The zero-order valence-corrected chi connectivity index (χ0v) is 20.7. The number of hydrogen-bond acceptors (Lipinski definition) is 5. The Labute approximate surface area is 201 Å². The Hall–Kier alpha value is -3.28. The molecule has 1 heterocycles. The van der Waals surface area contributed by atoms with Gasteiger partial charge in [0, 0.05) is 35.7 Å². The molecule has 2 aromatic carbocycles. The number of carbonyl (C=O) groups is 2. The van der Waals surface area contributed by atoms with Gasteiger partial charge in [0.15, 0.2) is 5.78 Å². The van der Waals surface area contributed by atoms with Gasteiger partial charge in [-0.2, -0.15) is 0 Å². The number of methoxy groups -OCH3 is 2. The molecule has 6 heteroatoms. The highest BCUT2D eigenvalue weighted by atomic mass is 16.5. The molecule has 0 bridgehead atoms. The number of rotatable bonds is 6. The van der Waals surface area contributed by atoms with Crippen LogP contribution < -0.4 is 19.7 Å². The minimum Gasteiger partial charge on any atom is -0.497 e. The molecule has 0 radical (unpaired) electrons. The Kier molecular flexibility index (Phi) is 6.69. The van der Waals surface area contributed by atoms with Crippen molar-refractivity contribution in [2.24, 2.45) is 5.41 Å². The summed E-state index contributed by atoms with van der Waals surface area (Å²) in [7, 11) is 3.21. The van der Waals surface area contributed by atoms with Gasteiger partial charge in [-0.25, -0.2) is 0 Å². The van der Waals surface area contributed by atoms with Crippen molar-refractivity contribution in [1.82, 2.24) is 0 Å². The van der Waals surface area contributed by atoms with Crippen LogP contribution in [-0.4, -0.2) is 25.9 Å². The van der Waals surface area contributed by atoms with Gasteiger partial charge in [-0.1, -0.05) is 39.3 Å². The number of ether oxygens (including phenoxy) is 2. The summed E-state index contributed by atoms with van der Waals surface area (Å²) in [4.78, 5) is 29.3. The van der Waals surface area contributed by atoms with Crippen molar-refractivity contribution >= 4 is 23.1 Å². The third-order valence-electron chi connectivity index (χ3n) is 6.65. The molecular weight excluding hydrogens is 428 g/mol. The van der Waals surface area contributed by atoms with E-state index in [4.69, 9.17) is 9.47 Å². The van der Waals surface area contributed by atoms with E-state index in [1.165, 1.54) is 0 Å². The zero-order valence-electron chi connectivity index (χ0n) is 20.7. The summed E-state index contributed by atoms with van der Waals surface area (Å²) < 4.78 is 11.2. The molecule has 1 aliphatic carbocycles. The largest absolute Gasteiger partial charge is 0.497 e. The molecule has 1 N–H and O–H groups in total. The number of benzene rings is 2. The number of allylic oxidation sites excluding steroid dienone is 1. The van der Waals surface area contributed by atoms with Crippen LogP contribution in [0.3, 0.4) is 0 Å². The molecule has 0 aromatic heterocycles. The quantitative estimate of drug-likeness (QED) is 0.567. The number of carbonyl (C=O) groups excluding carboxylic acids is 2. The normalized spacial score (nSPS) is 19.0. The first-order valence-electron chi connectivity index (χ1n) is 12.0. The van der Waals surface area contributed by atoms with Crippen LogP contribution >= 0.6 is 0 Å². The van der Waals surface area contributed by atoms with E-state index < -0.39 is 6.04 Å². The number of para-hydroxylation sites is 2. The number of ketones is 1. The van der Waals surface area contributed by atoms with Gasteiger partial charge < -0.3 is 14.8 Å². The lowest BCUT2D eigenvalue weighted by atomic mass is 9.73. The van der Waals surface area contributed by atoms with Crippen molar-refractivity contribution in [3.8, 4) is 11.5 Å². The van der Waals surface area contributed by atoms with Crippen molar-refractivity contribution in [3.05, 3.63) is 59.3 Å². The van der Waals surface area contributed by atoms with Gasteiger partial charge in [-0.05, 0) is 42.5 Å². The molecule has 2 aliphatic rings. The van der Waals surface area contributed by atoms with Crippen LogP contribution in [0.25, 0.3) is 0 Å². The molecule has 1 aliphatic heterocycles. The number of unbranched alkanes of at least 4 members (excludes halogenated alkanes) is 1. The third-order valence-corrected chi connectivity index (χ3v) is 6.65. The van der Waals surface area contributed by atoms with Crippen molar-refractivity contribution in [3.63, 3.8) is 0 Å². The zero-order chi connectivity index (χ0) is 24.5. The number of nitrogens with one attached hydrogen (secondary N) is 1. The number of amides is 1. The molecule has 0 fully saturated rings. The van der Waals surface area contributed by atoms with Crippen LogP contribution in [-0.2, 0) is 9.59 Å². The van der Waals surface area contributed by atoms with E-state index in [0.717, 1.165) is 35.5 Å². The average Bonchev–Trinajstić information content (AvgIpc) is 2.95. The molecule has 34 heavy (non-hydrogen) atoms. The molecule has 0 spiro atoms. The smallest absolute Gasteiger partial charge is 0.227 e. The van der Waals surface area contributed by atoms with Crippen LogP contribution in [0.4, 0.5) is 11.4 Å². The molecule has 6 nitrogen and oxygen atoms in total. The lowest BCUT2D eigenvalue weighted by molar-refractivity contribution is -0.119. The fourth-order valence-electron chi connectivity index (χ4n) is 5.05. The summed E-state index contributed by atoms with van der Waals surface area (Å²) in [6, 6.07) is 12.8. The van der Waals surface area contributed by atoms with Crippen LogP contribution in [0.15, 0.2) is 53.7 Å². The first kappa shape index (κ1) is 23.9. The second kappa shape index (κ2) is 9.53. The minimum absolute atomic E-state index is 0.00893. The summed E-state index contributed by atoms with van der Waals surface area (Å²) in [5, 5.41) is 3.55. The first-order valence-corrected chi connectivity index (χ1v) is 12.0. The number of nitrogens with zero attached hydrogens (tertiary/aromatic N) is 1. The first-order chi connectivity index (χ1) is 16.3. The van der Waals surface area contributed by atoms with Gasteiger partial charge in [0.1, 0.15) is 11.5 Å². The summed E-state index contributed by atoms with van der Waals surface area (Å²) in [6.45, 7) is 6.29. The molecule has 2 aromatic rings. The molecule has 0 saturated heterocycles. The van der Waals surface area contributed by atoms with E-state index >= 15 is 0 Å². The highest BCUT2D eigenvalue weighted by Crippen LogP contribution is 2.50. The molecule has 4 rings (SSSR count). The van der Waals surface area contributed by atoms with Crippen LogP contribution in [0.2, 0.25) is 0 Å². The van der Waals surface area contributed by atoms with E-state index in [1.54, 1.807) is 19.1 Å². The highest BCUT2D eigenvalue weighted by Gasteiger charge is 2.44. The molecule has 1 amide bonds. The summed E-state index contributed by atoms with van der Waals surface area (Å²) in [6.07, 6.45) is 3.24. The molecule has 1 atom stereocenters. The van der Waals surface area contributed by atoms with Crippen LogP contribution in [0.1, 0.15) is 64.5 Å². The Balaban J connectivity index is 2.01. The van der Waals surface area contributed by atoms with Gasteiger partial charge in [0.2, 0.25) is 5.91 Å². The molecule has 180 valence electrons. The Bertz CT molecular complexity index is 1130. The molecule has 0 unspecified atom stereocenters. The summed E-state index contributed by atoms with van der Waals surface area (Å²) in [5.41, 5.74) is 3.72. The summed E-state index contributed by atoms with van der Waals surface area (Å²) in [5.74, 6) is 1.29. The van der Waals surface area contributed by atoms with E-state index in [9.17, 15) is 9.59 Å². The van der Waals surface area contributed by atoms with Gasteiger partial charge in [0.25, 0.3) is 0 Å². The third kappa shape index (κ3) is 4.41. The molecular formula is C28H34N2O4. The minimum atomic E-state index is -0.597. The standard InChI is InChI=1S/C28H34N2O4/c1-6-7-12-25(32)30-22-11-9-8-10-20(22)29-21-16-28(2,3)17-23(31)26(21)27(30)19-14-13-18(33-4)15-24(19)34-5/h8-11,13-15,27,29H,6-7,12,16-17H2,1-5H3/t27-/m1/s1. The van der Waals surface area contributed by atoms with Gasteiger partial charge in [-0.3, -0.25) is 14.5 Å². The maximum Gasteiger partial charge on any atom is 0.227 e. The fourth-order valence-corrected chi connectivity index (χ4v) is 5.05. The highest BCUT2D eigenvalue weighted by molar-refractivity contribution is 6.06. The lowest BCUT2D eigenvalue weighted by Gasteiger charge is -2.37. The number of fused-ring (bicyclic) bond motifs is 1. The maximum atomic E-state index is 13.8. The number of Topliss-reactive ketones (excluding diaryl/α,β-unsaturated/α-hetero) is 1. The predicted molar refractivity (Wildman–Crippen MR) is 134 cm³/mol. The van der Waals surface area contributed by atoms with E-state index in [-0.39, 0.29) is 17.1 Å². The van der Waals surface area contributed by atoms with Gasteiger partial charge in [0.05, 0.1) is 31.6 Å². The van der Waals surface area contributed by atoms with E-state index in [1.807, 2.05) is 42.5 Å². The van der Waals surface area contributed by atoms with Crippen LogP contribution in [0.5, 0.6) is 11.5 Å². The van der Waals surface area contributed by atoms with Crippen molar-refractivity contribution in [2.75, 3.05) is 24.4 Å². The monoisotopic (exact) mass is 462 g/mol. The maximum absolute atomic E-state index is 13.8. The SMILES string of the molecule is CCCCC(=O)N1c2ccccc2NC2=C(C(=O)CC(C)(C)C2)[C@H]1c1ccc(OC)cc1OC. The topological polar surface area (TPSA) is 67.9 Å². The van der Waals surface area contributed by atoms with E-state index in [0.29, 0.717) is 36.3 Å². The fraction of sp³-hybridized carbons (Fsp3) is 0.429. The Morgan fingerprint density at radius 1 is 1.12 bits per heavy atom.